The molecular weight excluding hydrogens is 292 g/mol. The lowest BCUT2D eigenvalue weighted by Crippen LogP contribution is -2.11. The van der Waals surface area contributed by atoms with E-state index in [0.717, 1.165) is 32.3 Å². The summed E-state index contributed by atoms with van der Waals surface area (Å²) in [6.45, 7) is 6.06. The number of hydrogen-bond acceptors (Lipinski definition) is 3. The number of halogens is 1. The van der Waals surface area contributed by atoms with Crippen molar-refractivity contribution in [3.63, 3.8) is 0 Å². The lowest BCUT2D eigenvalue weighted by molar-refractivity contribution is 0.0921. The van der Waals surface area contributed by atoms with Gasteiger partial charge in [0.1, 0.15) is 5.75 Å². The van der Waals surface area contributed by atoms with Gasteiger partial charge < -0.3 is 4.74 Å². The van der Waals surface area contributed by atoms with Crippen LogP contribution >= 0.6 is 22.9 Å². The molecule has 0 saturated carbocycles. The summed E-state index contributed by atoms with van der Waals surface area (Å²) in [7, 11) is 0. The van der Waals surface area contributed by atoms with Crippen LogP contribution in [0.5, 0.6) is 5.75 Å². The summed E-state index contributed by atoms with van der Waals surface area (Å²) in [5.41, 5.74) is 1.79. The Labute approximate surface area is 128 Å². The first kappa shape index (κ1) is 15.1. The summed E-state index contributed by atoms with van der Waals surface area (Å²) < 4.78 is 5.58. The van der Waals surface area contributed by atoms with Crippen LogP contribution in [0.1, 0.15) is 32.6 Å². The van der Waals surface area contributed by atoms with Gasteiger partial charge in [0.05, 0.1) is 0 Å². The summed E-state index contributed by atoms with van der Waals surface area (Å²) in [5.74, 6) is 0.698. The molecule has 20 heavy (non-hydrogen) atoms. The molecule has 0 unspecified atom stereocenters. The average molecular weight is 309 g/mol. The van der Waals surface area contributed by atoms with E-state index >= 15 is 0 Å². The van der Waals surface area contributed by atoms with E-state index in [1.807, 2.05) is 32.9 Å². The van der Waals surface area contributed by atoms with Gasteiger partial charge in [-0.25, -0.2) is 0 Å². The molecule has 0 fully saturated rings. The van der Waals surface area contributed by atoms with Crippen LogP contribution in [0, 0.1) is 13.8 Å². The molecule has 0 amide bonds. The molecule has 1 heterocycles. The van der Waals surface area contributed by atoms with E-state index in [0.29, 0.717) is 5.75 Å². The molecule has 0 aliphatic heterocycles. The summed E-state index contributed by atoms with van der Waals surface area (Å²) in [6, 6.07) is 7.41. The van der Waals surface area contributed by atoms with Crippen molar-refractivity contribution in [2.75, 3.05) is 6.61 Å². The van der Waals surface area contributed by atoms with E-state index in [4.69, 9.17) is 16.3 Å². The third kappa shape index (κ3) is 3.41. The highest BCUT2D eigenvalue weighted by Gasteiger charge is 2.13. The van der Waals surface area contributed by atoms with Gasteiger partial charge in [0.2, 0.25) is 5.78 Å². The Morgan fingerprint density at radius 2 is 2.05 bits per heavy atom. The van der Waals surface area contributed by atoms with Crippen LogP contribution < -0.4 is 4.74 Å². The van der Waals surface area contributed by atoms with Crippen molar-refractivity contribution in [3.05, 3.63) is 50.2 Å². The highest BCUT2D eigenvalue weighted by molar-refractivity contribution is 7.12. The number of thiophene rings is 1. The molecule has 106 valence electrons. The predicted octanol–water partition coefficient (Wildman–Crippen LogP) is 4.84. The van der Waals surface area contributed by atoms with Gasteiger partial charge in [-0.2, -0.15) is 0 Å². The molecule has 2 aromatic rings. The van der Waals surface area contributed by atoms with E-state index in [9.17, 15) is 4.79 Å². The highest BCUT2D eigenvalue weighted by atomic mass is 35.5. The van der Waals surface area contributed by atoms with Gasteiger partial charge in [-0.3, -0.25) is 4.79 Å². The monoisotopic (exact) mass is 308 g/mol. The summed E-state index contributed by atoms with van der Waals surface area (Å²) in [5, 5.41) is 0.732. The molecular formula is C16H17ClO2S. The molecule has 0 bridgehead atoms. The predicted molar refractivity (Wildman–Crippen MR) is 84.4 cm³/mol. The maximum Gasteiger partial charge on any atom is 0.201 e. The van der Waals surface area contributed by atoms with Crippen LogP contribution in [0.25, 0.3) is 0 Å². The van der Waals surface area contributed by atoms with Crippen molar-refractivity contribution in [2.45, 2.75) is 27.2 Å². The Morgan fingerprint density at radius 3 is 2.65 bits per heavy atom. The standard InChI is InChI=1S/C16H17ClO2S/c1-4-12-8-13(5-6-15(12)17)19-9-16(18)14-7-10(2)20-11(14)3/h5-8H,4,9H2,1-3H3. The van der Waals surface area contributed by atoms with Gasteiger partial charge in [-0.1, -0.05) is 18.5 Å². The third-order valence-electron chi connectivity index (χ3n) is 3.11. The van der Waals surface area contributed by atoms with Crippen molar-refractivity contribution in [3.8, 4) is 5.75 Å². The lowest BCUT2D eigenvalue weighted by Gasteiger charge is -2.08. The normalized spacial score (nSPS) is 10.6. The fraction of sp³-hybridized carbons (Fsp3) is 0.312. The average Bonchev–Trinajstić information content (AvgIpc) is 2.76. The van der Waals surface area contributed by atoms with E-state index in [1.165, 1.54) is 0 Å². The molecule has 0 saturated heterocycles. The molecule has 0 aliphatic rings. The van der Waals surface area contributed by atoms with Crippen molar-refractivity contribution in [1.29, 1.82) is 0 Å². The Kier molecular flexibility index (Phi) is 4.84. The van der Waals surface area contributed by atoms with E-state index in [-0.39, 0.29) is 12.4 Å². The van der Waals surface area contributed by atoms with Gasteiger partial charge in [-0.05, 0) is 50.1 Å². The smallest absolute Gasteiger partial charge is 0.201 e. The largest absolute Gasteiger partial charge is 0.485 e. The molecule has 0 spiro atoms. The molecule has 0 aliphatic carbocycles. The maximum absolute atomic E-state index is 12.1. The molecule has 4 heteroatoms. The van der Waals surface area contributed by atoms with Crippen molar-refractivity contribution in [1.82, 2.24) is 0 Å². The maximum atomic E-state index is 12.1. The van der Waals surface area contributed by atoms with E-state index in [2.05, 4.69) is 0 Å². The Balaban J connectivity index is 2.05. The number of hydrogen-bond donors (Lipinski definition) is 0. The van der Waals surface area contributed by atoms with Gasteiger partial charge in [0, 0.05) is 20.3 Å². The Hall–Kier alpha value is -1.32. The first-order valence-electron chi connectivity index (χ1n) is 6.52. The van der Waals surface area contributed by atoms with Crippen LogP contribution in [0.3, 0.4) is 0 Å². The molecule has 0 radical (unpaired) electrons. The second kappa shape index (κ2) is 6.42. The summed E-state index contributed by atoms with van der Waals surface area (Å²) in [6.07, 6.45) is 0.840. The lowest BCUT2D eigenvalue weighted by atomic mass is 10.1. The van der Waals surface area contributed by atoms with E-state index in [1.54, 1.807) is 23.5 Å². The minimum absolute atomic E-state index is 0.0137. The first-order valence-corrected chi connectivity index (χ1v) is 7.72. The second-order valence-corrected chi connectivity index (χ2v) is 6.51. The summed E-state index contributed by atoms with van der Waals surface area (Å²) in [4.78, 5) is 14.3. The topological polar surface area (TPSA) is 26.3 Å². The number of rotatable bonds is 5. The van der Waals surface area contributed by atoms with Crippen LogP contribution in [0.4, 0.5) is 0 Å². The zero-order valence-electron chi connectivity index (χ0n) is 11.8. The number of carbonyl (C=O) groups excluding carboxylic acids is 1. The fourth-order valence-electron chi connectivity index (χ4n) is 2.05. The van der Waals surface area contributed by atoms with Crippen LogP contribution in [-0.2, 0) is 6.42 Å². The molecule has 1 aromatic carbocycles. The van der Waals surface area contributed by atoms with Crippen molar-refractivity contribution in [2.24, 2.45) is 0 Å². The Bertz CT molecular complexity index is 631. The number of carbonyl (C=O) groups is 1. The number of aryl methyl sites for hydroxylation is 3. The van der Waals surface area contributed by atoms with Gasteiger partial charge in [0.15, 0.2) is 6.61 Å². The molecule has 2 nitrogen and oxygen atoms in total. The van der Waals surface area contributed by atoms with Gasteiger partial charge in [0.25, 0.3) is 0 Å². The zero-order valence-corrected chi connectivity index (χ0v) is 13.4. The minimum atomic E-state index is 0.0137. The van der Waals surface area contributed by atoms with Crippen molar-refractivity contribution >= 4 is 28.7 Å². The van der Waals surface area contributed by atoms with Crippen LogP contribution in [-0.4, -0.2) is 12.4 Å². The number of Topliss-reactive ketones (excluding diaryl/α,β-unsaturated/α-hetero) is 1. The summed E-state index contributed by atoms with van der Waals surface area (Å²) >= 11 is 7.69. The number of ether oxygens (including phenoxy) is 1. The number of ketones is 1. The SMILES string of the molecule is CCc1cc(OCC(=O)c2cc(C)sc2C)ccc1Cl. The van der Waals surface area contributed by atoms with Crippen LogP contribution in [0.15, 0.2) is 24.3 Å². The van der Waals surface area contributed by atoms with Gasteiger partial charge in [-0.15, -0.1) is 11.3 Å². The molecule has 1 aromatic heterocycles. The van der Waals surface area contributed by atoms with E-state index < -0.39 is 0 Å². The molecule has 0 N–H and O–H groups in total. The first-order chi connectivity index (χ1) is 9.51. The minimum Gasteiger partial charge on any atom is -0.485 e. The van der Waals surface area contributed by atoms with Crippen molar-refractivity contribution < 1.29 is 9.53 Å². The third-order valence-corrected chi connectivity index (χ3v) is 4.44. The van der Waals surface area contributed by atoms with Gasteiger partial charge >= 0.3 is 0 Å². The number of benzene rings is 1. The zero-order chi connectivity index (χ0) is 14.7. The second-order valence-electron chi connectivity index (χ2n) is 4.65. The highest BCUT2D eigenvalue weighted by Crippen LogP contribution is 2.24. The molecule has 2 rings (SSSR count). The molecule has 0 atom stereocenters. The fourth-order valence-corrected chi connectivity index (χ4v) is 3.24. The van der Waals surface area contributed by atoms with Crippen LogP contribution in [0.2, 0.25) is 5.02 Å². The quantitative estimate of drug-likeness (QED) is 0.739. The Morgan fingerprint density at radius 1 is 1.30 bits per heavy atom.